The van der Waals surface area contributed by atoms with Crippen molar-refractivity contribution >= 4 is 21.4 Å². The molecule has 1 heterocycles. The summed E-state index contributed by atoms with van der Waals surface area (Å²) in [6.07, 6.45) is 0. The van der Waals surface area contributed by atoms with Crippen molar-refractivity contribution in [3.8, 4) is 0 Å². The molecular formula is C13H15N3O4S. The number of nitrogens with zero attached hydrogens (tertiary/aromatic N) is 2. The molecule has 1 atom stereocenters. The average Bonchev–Trinajstić information content (AvgIpc) is 2.83. The third-order valence-corrected chi connectivity index (χ3v) is 4.80. The smallest absolute Gasteiger partial charge is 0.242 e. The highest BCUT2D eigenvalue weighted by molar-refractivity contribution is 7.92. The predicted octanol–water partition coefficient (Wildman–Crippen LogP) is 1.32. The third kappa shape index (κ3) is 3.88. The van der Waals surface area contributed by atoms with Crippen molar-refractivity contribution in [1.82, 2.24) is 10.1 Å². The molecule has 8 heteroatoms. The lowest BCUT2D eigenvalue weighted by molar-refractivity contribution is -0.115. The highest BCUT2D eigenvalue weighted by atomic mass is 32.2. The van der Waals surface area contributed by atoms with E-state index in [0.717, 1.165) is 0 Å². The van der Waals surface area contributed by atoms with Gasteiger partial charge in [0.1, 0.15) is 11.0 Å². The van der Waals surface area contributed by atoms with Gasteiger partial charge in [-0.25, -0.2) is 8.42 Å². The van der Waals surface area contributed by atoms with Crippen LogP contribution in [0, 0.1) is 6.92 Å². The van der Waals surface area contributed by atoms with Gasteiger partial charge in [0.25, 0.3) is 0 Å². The third-order valence-electron chi connectivity index (χ3n) is 2.85. The SMILES string of the molecule is Cc1nc(CS(=O)(=O)C(C)C(=O)Nc2ccccc2)no1. The molecule has 7 nitrogen and oxygen atoms in total. The van der Waals surface area contributed by atoms with E-state index < -0.39 is 26.7 Å². The molecule has 21 heavy (non-hydrogen) atoms. The molecule has 0 aliphatic carbocycles. The van der Waals surface area contributed by atoms with Gasteiger partial charge in [-0.05, 0) is 19.1 Å². The number of carbonyl (C=O) groups is 1. The largest absolute Gasteiger partial charge is 0.340 e. The van der Waals surface area contributed by atoms with Crippen LogP contribution in [0.5, 0.6) is 0 Å². The summed E-state index contributed by atoms with van der Waals surface area (Å²) in [5.74, 6) is -0.705. The summed E-state index contributed by atoms with van der Waals surface area (Å²) in [4.78, 5) is 15.8. The lowest BCUT2D eigenvalue weighted by atomic mass is 10.3. The Morgan fingerprint density at radius 2 is 2.00 bits per heavy atom. The van der Waals surface area contributed by atoms with E-state index in [1.165, 1.54) is 6.92 Å². The highest BCUT2D eigenvalue weighted by Gasteiger charge is 2.29. The van der Waals surface area contributed by atoms with Gasteiger partial charge in [0, 0.05) is 12.6 Å². The zero-order valence-corrected chi connectivity index (χ0v) is 12.4. The molecule has 1 aromatic carbocycles. The second kappa shape index (κ2) is 6.04. The molecule has 1 unspecified atom stereocenters. The van der Waals surface area contributed by atoms with Crippen molar-refractivity contribution in [2.75, 3.05) is 5.32 Å². The number of sulfone groups is 1. The first-order chi connectivity index (χ1) is 9.88. The van der Waals surface area contributed by atoms with E-state index >= 15 is 0 Å². The van der Waals surface area contributed by atoms with Crippen LogP contribution >= 0.6 is 0 Å². The van der Waals surface area contributed by atoms with Crippen molar-refractivity contribution in [1.29, 1.82) is 0 Å². The fourth-order valence-electron chi connectivity index (χ4n) is 1.63. The quantitative estimate of drug-likeness (QED) is 0.893. The van der Waals surface area contributed by atoms with Crippen LogP contribution in [0.15, 0.2) is 34.9 Å². The summed E-state index contributed by atoms with van der Waals surface area (Å²) in [7, 11) is -3.72. The number of amides is 1. The molecular weight excluding hydrogens is 294 g/mol. The number of nitrogens with one attached hydrogen (secondary N) is 1. The van der Waals surface area contributed by atoms with Gasteiger partial charge in [0.2, 0.25) is 11.8 Å². The fourth-order valence-corrected chi connectivity index (χ4v) is 2.75. The van der Waals surface area contributed by atoms with Crippen LogP contribution in [0.3, 0.4) is 0 Å². The van der Waals surface area contributed by atoms with Gasteiger partial charge in [-0.2, -0.15) is 4.98 Å². The molecule has 0 spiro atoms. The normalized spacial score (nSPS) is 12.9. The second-order valence-corrected chi connectivity index (χ2v) is 6.86. The number of anilines is 1. The molecule has 1 amide bonds. The maximum absolute atomic E-state index is 12.2. The number of aromatic nitrogens is 2. The Morgan fingerprint density at radius 1 is 1.33 bits per heavy atom. The van der Waals surface area contributed by atoms with Crippen LogP contribution in [0.25, 0.3) is 0 Å². The molecule has 0 aliphatic rings. The number of benzene rings is 1. The topological polar surface area (TPSA) is 102 Å². The molecule has 0 bridgehead atoms. The van der Waals surface area contributed by atoms with Gasteiger partial charge in [-0.15, -0.1) is 0 Å². The Balaban J connectivity index is 2.07. The molecule has 0 aliphatic heterocycles. The van der Waals surface area contributed by atoms with Crippen LogP contribution in [0.4, 0.5) is 5.69 Å². The van der Waals surface area contributed by atoms with E-state index in [9.17, 15) is 13.2 Å². The molecule has 0 fully saturated rings. The zero-order chi connectivity index (χ0) is 15.5. The van der Waals surface area contributed by atoms with Gasteiger partial charge >= 0.3 is 0 Å². The summed E-state index contributed by atoms with van der Waals surface area (Å²) in [6.45, 7) is 2.90. The Kier molecular flexibility index (Phi) is 4.37. The van der Waals surface area contributed by atoms with Gasteiger partial charge in [-0.3, -0.25) is 4.79 Å². The van der Waals surface area contributed by atoms with Crippen molar-refractivity contribution in [2.24, 2.45) is 0 Å². The first-order valence-electron chi connectivity index (χ1n) is 6.25. The highest BCUT2D eigenvalue weighted by Crippen LogP contribution is 2.12. The Hall–Kier alpha value is -2.22. The number of carbonyl (C=O) groups excluding carboxylic acids is 1. The van der Waals surface area contributed by atoms with Crippen molar-refractivity contribution in [2.45, 2.75) is 24.9 Å². The van der Waals surface area contributed by atoms with Crippen LogP contribution < -0.4 is 5.32 Å². The number of para-hydroxylation sites is 1. The molecule has 112 valence electrons. The summed E-state index contributed by atoms with van der Waals surface area (Å²) in [6, 6.07) is 8.65. The molecule has 0 radical (unpaired) electrons. The molecule has 1 N–H and O–H groups in total. The van der Waals surface area contributed by atoms with Gasteiger partial charge in [-0.1, -0.05) is 23.4 Å². The first kappa shape index (κ1) is 15.2. The lowest BCUT2D eigenvalue weighted by Crippen LogP contribution is -2.33. The maximum Gasteiger partial charge on any atom is 0.242 e. The summed E-state index contributed by atoms with van der Waals surface area (Å²) < 4.78 is 29.0. The molecule has 2 rings (SSSR count). The lowest BCUT2D eigenvalue weighted by Gasteiger charge is -2.12. The van der Waals surface area contributed by atoms with Crippen molar-refractivity contribution in [3.63, 3.8) is 0 Å². The molecule has 2 aromatic rings. The van der Waals surface area contributed by atoms with Gasteiger partial charge < -0.3 is 9.84 Å². The zero-order valence-electron chi connectivity index (χ0n) is 11.6. The first-order valence-corrected chi connectivity index (χ1v) is 7.97. The van der Waals surface area contributed by atoms with E-state index in [0.29, 0.717) is 5.69 Å². The summed E-state index contributed by atoms with van der Waals surface area (Å²) >= 11 is 0. The Morgan fingerprint density at radius 3 is 2.57 bits per heavy atom. The minimum Gasteiger partial charge on any atom is -0.340 e. The number of hydrogen-bond donors (Lipinski definition) is 1. The average molecular weight is 309 g/mol. The van der Waals surface area contributed by atoms with E-state index in [4.69, 9.17) is 4.52 Å². The number of aryl methyl sites for hydroxylation is 1. The molecule has 1 aromatic heterocycles. The summed E-state index contributed by atoms with van der Waals surface area (Å²) in [5.41, 5.74) is 0.542. The van der Waals surface area contributed by atoms with Gasteiger partial charge in [0.05, 0.1) is 0 Å². The van der Waals surface area contributed by atoms with E-state index in [-0.39, 0.29) is 11.7 Å². The van der Waals surface area contributed by atoms with E-state index in [1.807, 2.05) is 0 Å². The Labute approximate surface area is 122 Å². The maximum atomic E-state index is 12.2. The fraction of sp³-hybridized carbons (Fsp3) is 0.308. The minimum atomic E-state index is -3.72. The number of rotatable bonds is 5. The van der Waals surface area contributed by atoms with Crippen molar-refractivity contribution in [3.05, 3.63) is 42.0 Å². The predicted molar refractivity (Wildman–Crippen MR) is 76.2 cm³/mol. The monoisotopic (exact) mass is 309 g/mol. The van der Waals surface area contributed by atoms with E-state index in [1.54, 1.807) is 37.3 Å². The molecule has 0 saturated heterocycles. The molecule has 0 saturated carbocycles. The minimum absolute atomic E-state index is 0.0480. The van der Waals surface area contributed by atoms with Crippen LogP contribution in [0.2, 0.25) is 0 Å². The van der Waals surface area contributed by atoms with Crippen LogP contribution in [-0.4, -0.2) is 29.7 Å². The van der Waals surface area contributed by atoms with Crippen molar-refractivity contribution < 1.29 is 17.7 Å². The Bertz CT molecular complexity index is 725. The number of hydrogen-bond acceptors (Lipinski definition) is 6. The van der Waals surface area contributed by atoms with Gasteiger partial charge in [0.15, 0.2) is 15.7 Å². The second-order valence-electron chi connectivity index (χ2n) is 4.53. The summed E-state index contributed by atoms with van der Waals surface area (Å²) in [5, 5.41) is 4.87. The standard InChI is InChI=1S/C13H15N3O4S/c1-9(13(17)15-11-6-4-3-5-7-11)21(18,19)8-12-14-10(2)20-16-12/h3-7,9H,8H2,1-2H3,(H,15,17). The van der Waals surface area contributed by atoms with E-state index in [2.05, 4.69) is 15.5 Å². The van der Waals surface area contributed by atoms with Crippen LogP contribution in [0.1, 0.15) is 18.6 Å². The van der Waals surface area contributed by atoms with Crippen LogP contribution in [-0.2, 0) is 20.4 Å².